The van der Waals surface area contributed by atoms with Gasteiger partial charge in [0.05, 0.1) is 28.9 Å². The van der Waals surface area contributed by atoms with Crippen molar-refractivity contribution >= 4 is 28.9 Å². The summed E-state index contributed by atoms with van der Waals surface area (Å²) in [7, 11) is 0. The Kier molecular flexibility index (Phi) is 4.59. The van der Waals surface area contributed by atoms with E-state index >= 15 is 0 Å². The molecule has 100 valence electrons. The van der Waals surface area contributed by atoms with Crippen LogP contribution in [0.2, 0.25) is 5.02 Å². The summed E-state index contributed by atoms with van der Waals surface area (Å²) in [5, 5.41) is 15.0. The maximum absolute atomic E-state index is 11.8. The van der Waals surface area contributed by atoms with Gasteiger partial charge < -0.3 is 10.6 Å². The fraction of sp³-hybridized carbons (Fsp3) is 0.0667. The van der Waals surface area contributed by atoms with Crippen molar-refractivity contribution in [2.24, 2.45) is 0 Å². The molecule has 0 unspecified atom stereocenters. The fourth-order valence-electron chi connectivity index (χ4n) is 1.63. The van der Waals surface area contributed by atoms with Crippen molar-refractivity contribution in [3.8, 4) is 6.07 Å². The maximum atomic E-state index is 11.8. The molecule has 0 atom stereocenters. The van der Waals surface area contributed by atoms with Gasteiger partial charge in [0.2, 0.25) is 5.91 Å². The monoisotopic (exact) mass is 285 g/mol. The Morgan fingerprint density at radius 2 is 1.95 bits per heavy atom. The Morgan fingerprint density at radius 3 is 2.65 bits per heavy atom. The van der Waals surface area contributed by atoms with Gasteiger partial charge in [0.15, 0.2) is 0 Å². The van der Waals surface area contributed by atoms with Gasteiger partial charge in [0.1, 0.15) is 0 Å². The molecule has 0 aliphatic heterocycles. The van der Waals surface area contributed by atoms with E-state index in [0.717, 1.165) is 5.69 Å². The molecule has 2 N–H and O–H groups in total. The predicted octanol–water partition coefficient (Wildman–Crippen LogP) is 3.26. The molecule has 4 nitrogen and oxygen atoms in total. The van der Waals surface area contributed by atoms with Gasteiger partial charge in [-0.15, -0.1) is 0 Å². The zero-order valence-electron chi connectivity index (χ0n) is 10.6. The molecule has 0 aliphatic rings. The number of anilines is 2. The van der Waals surface area contributed by atoms with Crippen LogP contribution in [0, 0.1) is 11.3 Å². The Balaban J connectivity index is 1.95. The first-order chi connectivity index (χ1) is 9.69. The van der Waals surface area contributed by atoms with Crippen LogP contribution in [0.5, 0.6) is 0 Å². The Bertz CT molecular complexity index is 650. The zero-order chi connectivity index (χ0) is 14.4. The average molecular weight is 286 g/mol. The number of hydrogen-bond acceptors (Lipinski definition) is 3. The first-order valence-electron chi connectivity index (χ1n) is 5.97. The fourth-order valence-corrected chi connectivity index (χ4v) is 1.82. The van der Waals surface area contributed by atoms with Crippen LogP contribution in [-0.4, -0.2) is 12.5 Å². The summed E-state index contributed by atoms with van der Waals surface area (Å²) in [5.41, 5.74) is 1.78. The van der Waals surface area contributed by atoms with Crippen LogP contribution in [0.3, 0.4) is 0 Å². The van der Waals surface area contributed by atoms with E-state index in [4.69, 9.17) is 16.9 Å². The first-order valence-corrected chi connectivity index (χ1v) is 6.35. The number of nitrogens with one attached hydrogen (secondary N) is 2. The molecule has 1 amide bonds. The molecule has 0 bridgehead atoms. The number of rotatable bonds is 4. The van der Waals surface area contributed by atoms with E-state index in [9.17, 15) is 4.79 Å². The van der Waals surface area contributed by atoms with E-state index in [2.05, 4.69) is 10.6 Å². The Morgan fingerprint density at radius 1 is 1.20 bits per heavy atom. The second kappa shape index (κ2) is 6.60. The molecule has 0 radical (unpaired) electrons. The summed E-state index contributed by atoms with van der Waals surface area (Å²) in [6, 6.07) is 16.1. The Labute approximate surface area is 122 Å². The van der Waals surface area contributed by atoms with Crippen molar-refractivity contribution in [1.29, 1.82) is 5.26 Å². The number of hydrogen-bond donors (Lipinski definition) is 2. The second-order valence-corrected chi connectivity index (χ2v) is 4.48. The molecule has 0 aromatic heterocycles. The summed E-state index contributed by atoms with van der Waals surface area (Å²) in [5.74, 6) is -0.186. The maximum Gasteiger partial charge on any atom is 0.243 e. The van der Waals surface area contributed by atoms with Crippen molar-refractivity contribution in [1.82, 2.24) is 0 Å². The van der Waals surface area contributed by atoms with Gasteiger partial charge in [-0.3, -0.25) is 4.79 Å². The minimum absolute atomic E-state index is 0.0729. The van der Waals surface area contributed by atoms with Crippen LogP contribution in [0.1, 0.15) is 5.56 Å². The van der Waals surface area contributed by atoms with Crippen molar-refractivity contribution in [2.75, 3.05) is 17.2 Å². The molecule has 0 spiro atoms. The average Bonchev–Trinajstić information content (AvgIpc) is 2.47. The van der Waals surface area contributed by atoms with E-state index in [-0.39, 0.29) is 12.5 Å². The van der Waals surface area contributed by atoms with Crippen molar-refractivity contribution in [3.63, 3.8) is 0 Å². The molecule has 20 heavy (non-hydrogen) atoms. The molecule has 2 aromatic carbocycles. The van der Waals surface area contributed by atoms with Crippen LogP contribution >= 0.6 is 11.6 Å². The number of para-hydroxylation sites is 1. The van der Waals surface area contributed by atoms with Crippen LogP contribution < -0.4 is 10.6 Å². The van der Waals surface area contributed by atoms with E-state index < -0.39 is 0 Å². The highest BCUT2D eigenvalue weighted by atomic mass is 35.5. The molecular formula is C15H12ClN3O. The second-order valence-electron chi connectivity index (χ2n) is 4.07. The molecule has 5 heteroatoms. The molecule has 2 rings (SSSR count). The first kappa shape index (κ1) is 13.9. The highest BCUT2D eigenvalue weighted by Crippen LogP contribution is 2.22. The SMILES string of the molecule is N#Cc1ccc(Cl)c(NCC(=O)Nc2ccccc2)c1. The molecule has 2 aromatic rings. The van der Waals surface area contributed by atoms with Gasteiger partial charge in [-0.1, -0.05) is 29.8 Å². The number of amides is 1. The summed E-state index contributed by atoms with van der Waals surface area (Å²) in [6.45, 7) is 0.0729. The normalized spacial score (nSPS) is 9.60. The molecule has 0 heterocycles. The summed E-state index contributed by atoms with van der Waals surface area (Å²) in [6.07, 6.45) is 0. The summed E-state index contributed by atoms with van der Waals surface area (Å²) < 4.78 is 0. The van der Waals surface area contributed by atoms with Crippen molar-refractivity contribution in [2.45, 2.75) is 0 Å². The minimum Gasteiger partial charge on any atom is -0.375 e. The molecule has 0 saturated carbocycles. The topological polar surface area (TPSA) is 64.9 Å². The van der Waals surface area contributed by atoms with E-state index in [1.807, 2.05) is 24.3 Å². The number of halogens is 1. The zero-order valence-corrected chi connectivity index (χ0v) is 11.3. The van der Waals surface area contributed by atoms with E-state index in [1.165, 1.54) is 0 Å². The van der Waals surface area contributed by atoms with Crippen molar-refractivity contribution < 1.29 is 4.79 Å². The molecule has 0 aliphatic carbocycles. The third kappa shape index (κ3) is 3.74. The summed E-state index contributed by atoms with van der Waals surface area (Å²) in [4.78, 5) is 11.8. The van der Waals surface area contributed by atoms with Gasteiger partial charge in [0, 0.05) is 5.69 Å². The van der Waals surface area contributed by atoms with Gasteiger partial charge in [-0.25, -0.2) is 0 Å². The molecular weight excluding hydrogens is 274 g/mol. The largest absolute Gasteiger partial charge is 0.375 e. The number of carbonyl (C=O) groups is 1. The molecule has 0 fully saturated rings. The van der Waals surface area contributed by atoms with Gasteiger partial charge in [-0.05, 0) is 30.3 Å². The Hall–Kier alpha value is -2.51. The lowest BCUT2D eigenvalue weighted by Crippen LogP contribution is -2.21. The number of nitriles is 1. The number of nitrogens with zero attached hydrogens (tertiary/aromatic N) is 1. The van der Waals surface area contributed by atoms with Gasteiger partial charge in [0.25, 0.3) is 0 Å². The quantitative estimate of drug-likeness (QED) is 0.906. The highest BCUT2D eigenvalue weighted by molar-refractivity contribution is 6.33. The third-order valence-electron chi connectivity index (χ3n) is 2.59. The lowest BCUT2D eigenvalue weighted by atomic mass is 10.2. The van der Waals surface area contributed by atoms with Gasteiger partial charge in [-0.2, -0.15) is 5.26 Å². The lowest BCUT2D eigenvalue weighted by molar-refractivity contribution is -0.114. The molecule has 0 saturated heterocycles. The van der Waals surface area contributed by atoms with E-state index in [1.54, 1.807) is 30.3 Å². The predicted molar refractivity (Wildman–Crippen MR) is 79.7 cm³/mol. The number of benzene rings is 2. The van der Waals surface area contributed by atoms with Crippen LogP contribution in [0.25, 0.3) is 0 Å². The number of carbonyl (C=O) groups excluding carboxylic acids is 1. The minimum atomic E-state index is -0.186. The van der Waals surface area contributed by atoms with Crippen LogP contribution in [0.15, 0.2) is 48.5 Å². The highest BCUT2D eigenvalue weighted by Gasteiger charge is 2.05. The standard InChI is InChI=1S/C15H12ClN3O/c16-13-7-6-11(9-17)8-14(13)18-10-15(20)19-12-4-2-1-3-5-12/h1-8,18H,10H2,(H,19,20). The third-order valence-corrected chi connectivity index (χ3v) is 2.92. The lowest BCUT2D eigenvalue weighted by Gasteiger charge is -2.09. The van der Waals surface area contributed by atoms with Gasteiger partial charge >= 0.3 is 0 Å². The van der Waals surface area contributed by atoms with Crippen LogP contribution in [-0.2, 0) is 4.79 Å². The summed E-state index contributed by atoms with van der Waals surface area (Å²) >= 11 is 5.99. The smallest absolute Gasteiger partial charge is 0.243 e. The van der Waals surface area contributed by atoms with Crippen LogP contribution in [0.4, 0.5) is 11.4 Å². The van der Waals surface area contributed by atoms with E-state index in [0.29, 0.717) is 16.3 Å². The van der Waals surface area contributed by atoms with Crippen molar-refractivity contribution in [3.05, 3.63) is 59.1 Å².